The Morgan fingerprint density at radius 2 is 1.42 bits per heavy atom. The van der Waals surface area contributed by atoms with Gasteiger partial charge in [-0.1, -0.05) is 67.0 Å². The van der Waals surface area contributed by atoms with E-state index in [0.29, 0.717) is 30.1 Å². The van der Waals surface area contributed by atoms with Crippen LogP contribution in [0.3, 0.4) is 0 Å². The minimum absolute atomic E-state index is 0.00995. The van der Waals surface area contributed by atoms with Gasteiger partial charge in [-0.2, -0.15) is 0 Å². The number of fused-ring (bicyclic) bond motifs is 7. The number of allylic oxidation sites excluding steroid dienone is 2. The van der Waals surface area contributed by atoms with Crippen molar-refractivity contribution in [3.8, 4) is 0 Å². The van der Waals surface area contributed by atoms with E-state index in [1.165, 1.54) is 12.8 Å². The minimum atomic E-state index is -0.375. The first-order valence-electron chi connectivity index (χ1n) is 13.9. The van der Waals surface area contributed by atoms with Gasteiger partial charge in [-0.3, -0.25) is 0 Å². The molecule has 33 heavy (non-hydrogen) atoms. The van der Waals surface area contributed by atoms with Gasteiger partial charge < -0.3 is 15.3 Å². The van der Waals surface area contributed by atoms with Crippen LogP contribution in [0.5, 0.6) is 0 Å². The number of hydrogen-bond acceptors (Lipinski definition) is 3. The summed E-state index contributed by atoms with van der Waals surface area (Å²) in [6, 6.07) is 0. The fraction of sp³-hybridized carbons (Fsp3) is 0.933. The van der Waals surface area contributed by atoms with Crippen LogP contribution in [0.4, 0.5) is 0 Å². The normalized spacial score (nSPS) is 60.0. The maximum Gasteiger partial charge on any atom is 0.0609 e. The third kappa shape index (κ3) is 2.80. The average Bonchev–Trinajstić information content (AvgIpc) is 2.71. The van der Waals surface area contributed by atoms with E-state index in [0.717, 1.165) is 25.7 Å². The van der Waals surface area contributed by atoms with Gasteiger partial charge in [-0.15, -0.1) is 0 Å². The van der Waals surface area contributed by atoms with Gasteiger partial charge in [0, 0.05) is 5.41 Å². The SMILES string of the molecule is CC1C(O)CC2(C)C(O)CC3(C)C(=CCC4C5(C)CCC(O)C(C)(C)C5CCC43C)C2C1C. The molecule has 0 saturated heterocycles. The van der Waals surface area contributed by atoms with Crippen LogP contribution in [-0.2, 0) is 0 Å². The van der Waals surface area contributed by atoms with E-state index in [4.69, 9.17) is 0 Å². The third-order valence-electron chi connectivity index (χ3n) is 13.5. The van der Waals surface area contributed by atoms with E-state index >= 15 is 0 Å². The molecule has 5 rings (SSSR count). The van der Waals surface area contributed by atoms with Crippen LogP contribution in [0.2, 0.25) is 0 Å². The molecule has 0 aliphatic heterocycles. The fourth-order valence-electron chi connectivity index (χ4n) is 11.0. The van der Waals surface area contributed by atoms with Crippen LogP contribution < -0.4 is 0 Å². The van der Waals surface area contributed by atoms with Crippen molar-refractivity contribution < 1.29 is 15.3 Å². The smallest absolute Gasteiger partial charge is 0.0609 e. The Hall–Kier alpha value is -0.380. The molecule has 0 aromatic carbocycles. The molecule has 0 spiro atoms. The Kier molecular flexibility index (Phi) is 5.23. The second kappa shape index (κ2) is 7.10. The van der Waals surface area contributed by atoms with Crippen LogP contribution >= 0.6 is 0 Å². The molecule has 3 nitrogen and oxygen atoms in total. The van der Waals surface area contributed by atoms with Crippen molar-refractivity contribution in [3.05, 3.63) is 11.6 Å². The second-order valence-corrected chi connectivity index (χ2v) is 14.9. The quantitative estimate of drug-likeness (QED) is 0.392. The highest BCUT2D eigenvalue weighted by Crippen LogP contribution is 2.75. The van der Waals surface area contributed by atoms with Crippen molar-refractivity contribution in [2.45, 2.75) is 119 Å². The van der Waals surface area contributed by atoms with E-state index in [1.54, 1.807) is 5.57 Å². The van der Waals surface area contributed by atoms with Crippen molar-refractivity contribution >= 4 is 0 Å². The van der Waals surface area contributed by atoms with E-state index in [9.17, 15) is 15.3 Å². The van der Waals surface area contributed by atoms with Gasteiger partial charge in [0.15, 0.2) is 0 Å². The molecule has 4 saturated carbocycles. The van der Waals surface area contributed by atoms with Gasteiger partial charge >= 0.3 is 0 Å². The van der Waals surface area contributed by atoms with E-state index in [-0.39, 0.29) is 51.3 Å². The predicted octanol–water partition coefficient (Wildman–Crippen LogP) is 5.97. The van der Waals surface area contributed by atoms with E-state index in [2.05, 4.69) is 61.5 Å². The molecule has 12 atom stereocenters. The van der Waals surface area contributed by atoms with Crippen LogP contribution in [-0.4, -0.2) is 33.6 Å². The lowest BCUT2D eigenvalue weighted by Crippen LogP contribution is -2.67. The maximum atomic E-state index is 11.7. The maximum absolute atomic E-state index is 11.7. The Morgan fingerprint density at radius 3 is 2.09 bits per heavy atom. The highest BCUT2D eigenvalue weighted by atomic mass is 16.3. The van der Waals surface area contributed by atoms with Crippen LogP contribution in [0.1, 0.15) is 100 Å². The van der Waals surface area contributed by atoms with Gasteiger partial charge in [0.1, 0.15) is 0 Å². The zero-order valence-electron chi connectivity index (χ0n) is 22.5. The van der Waals surface area contributed by atoms with Gasteiger partial charge in [-0.05, 0) is 96.2 Å². The first-order valence-corrected chi connectivity index (χ1v) is 13.9. The largest absolute Gasteiger partial charge is 0.393 e. The van der Waals surface area contributed by atoms with Gasteiger partial charge in [0.05, 0.1) is 18.3 Å². The van der Waals surface area contributed by atoms with Crippen LogP contribution in [0.25, 0.3) is 0 Å². The highest BCUT2D eigenvalue weighted by Gasteiger charge is 2.69. The lowest BCUT2D eigenvalue weighted by Gasteiger charge is -2.72. The van der Waals surface area contributed by atoms with Crippen LogP contribution in [0, 0.1) is 56.7 Å². The molecule has 3 N–H and O–H groups in total. The Balaban J connectivity index is 1.61. The van der Waals surface area contributed by atoms with Gasteiger partial charge in [0.25, 0.3) is 0 Å². The van der Waals surface area contributed by atoms with Gasteiger partial charge in [-0.25, -0.2) is 0 Å². The Morgan fingerprint density at radius 1 is 0.758 bits per heavy atom. The van der Waals surface area contributed by atoms with Crippen molar-refractivity contribution in [1.82, 2.24) is 0 Å². The summed E-state index contributed by atoms with van der Waals surface area (Å²) in [5, 5.41) is 33.5. The molecule has 0 radical (unpaired) electrons. The predicted molar refractivity (Wildman–Crippen MR) is 133 cm³/mol. The van der Waals surface area contributed by atoms with E-state index in [1.807, 2.05) is 0 Å². The standard InChI is InChI=1S/C30H50O3/c1-17-18(2)25-19-9-10-22-27(5)13-12-23(32)26(3,4)21(27)11-14-29(22,7)30(19,8)16-24(33)28(25,6)15-20(17)31/h9,17-18,20-25,31-33H,10-16H2,1-8H3. The molecule has 0 amide bonds. The summed E-state index contributed by atoms with van der Waals surface area (Å²) in [6.45, 7) is 19.0. The van der Waals surface area contributed by atoms with Crippen molar-refractivity contribution in [3.63, 3.8) is 0 Å². The highest BCUT2D eigenvalue weighted by molar-refractivity contribution is 5.35. The third-order valence-corrected chi connectivity index (χ3v) is 13.5. The number of aliphatic hydroxyl groups is 3. The van der Waals surface area contributed by atoms with Gasteiger partial charge in [0.2, 0.25) is 0 Å². The van der Waals surface area contributed by atoms with Crippen molar-refractivity contribution in [1.29, 1.82) is 0 Å². The molecule has 5 aliphatic carbocycles. The lowest BCUT2D eigenvalue weighted by atomic mass is 9.33. The van der Waals surface area contributed by atoms with Crippen molar-refractivity contribution in [2.75, 3.05) is 0 Å². The Labute approximate surface area is 202 Å². The summed E-state index contributed by atoms with van der Waals surface area (Å²) in [4.78, 5) is 0. The summed E-state index contributed by atoms with van der Waals surface area (Å²) in [6.07, 6.45) is 8.78. The lowest BCUT2D eigenvalue weighted by molar-refractivity contribution is -0.219. The summed E-state index contributed by atoms with van der Waals surface area (Å²) in [5.74, 6) is 2.11. The number of rotatable bonds is 0. The second-order valence-electron chi connectivity index (χ2n) is 14.9. The summed E-state index contributed by atoms with van der Waals surface area (Å²) in [5.41, 5.74) is 1.71. The van der Waals surface area contributed by atoms with Crippen molar-refractivity contribution in [2.24, 2.45) is 56.7 Å². The molecule has 0 heterocycles. The molecule has 0 bridgehead atoms. The summed E-state index contributed by atoms with van der Waals surface area (Å²) < 4.78 is 0. The Bertz CT molecular complexity index is 847. The molecule has 188 valence electrons. The number of hydrogen-bond donors (Lipinski definition) is 3. The molecule has 12 unspecified atom stereocenters. The first-order chi connectivity index (χ1) is 15.1. The number of aliphatic hydroxyl groups excluding tert-OH is 3. The topological polar surface area (TPSA) is 60.7 Å². The first kappa shape index (κ1) is 24.3. The molecule has 5 aliphatic rings. The average molecular weight is 459 g/mol. The summed E-state index contributed by atoms with van der Waals surface area (Å²) >= 11 is 0. The minimum Gasteiger partial charge on any atom is -0.393 e. The molecule has 3 heteroatoms. The molecule has 0 aromatic rings. The summed E-state index contributed by atoms with van der Waals surface area (Å²) in [7, 11) is 0. The zero-order chi connectivity index (χ0) is 24.4. The molecular formula is C30H50O3. The van der Waals surface area contributed by atoms with Crippen LogP contribution in [0.15, 0.2) is 11.6 Å². The fourth-order valence-corrected chi connectivity index (χ4v) is 11.0. The van der Waals surface area contributed by atoms with E-state index < -0.39 is 0 Å². The molecule has 4 fully saturated rings. The molecule has 0 aromatic heterocycles. The monoisotopic (exact) mass is 458 g/mol. The molecular weight excluding hydrogens is 408 g/mol. The zero-order valence-corrected chi connectivity index (χ0v) is 22.5.